The zero-order valence-corrected chi connectivity index (χ0v) is 23.0. The Morgan fingerprint density at radius 2 is 1.67 bits per heavy atom. The molecule has 5 aromatic rings. The molecule has 4 aromatic carbocycles. The van der Waals surface area contributed by atoms with Crippen LogP contribution in [0.3, 0.4) is 0 Å². The quantitative estimate of drug-likeness (QED) is 0.221. The summed E-state index contributed by atoms with van der Waals surface area (Å²) in [5, 5.41) is 4.71. The molecule has 8 heteroatoms. The number of halogens is 1. The van der Waals surface area contributed by atoms with Crippen LogP contribution >= 0.6 is 22.9 Å². The number of hydrogen-bond donors (Lipinski definition) is 0. The summed E-state index contributed by atoms with van der Waals surface area (Å²) in [7, 11) is 2.85. The molecule has 2 heterocycles. The van der Waals surface area contributed by atoms with E-state index in [9.17, 15) is 9.59 Å². The molecule has 0 radical (unpaired) electrons. The van der Waals surface area contributed by atoms with Gasteiger partial charge in [-0.1, -0.05) is 71.5 Å². The van der Waals surface area contributed by atoms with Crippen LogP contribution < -0.4 is 19.6 Å². The normalized spacial score (nSPS) is 15.4. The van der Waals surface area contributed by atoms with Crippen molar-refractivity contribution in [3.05, 3.63) is 120 Å². The third kappa shape index (κ3) is 4.15. The lowest BCUT2D eigenvalue weighted by atomic mass is 9.95. The zero-order chi connectivity index (χ0) is 27.3. The number of thiazole rings is 1. The van der Waals surface area contributed by atoms with Gasteiger partial charge in [0.2, 0.25) is 0 Å². The van der Waals surface area contributed by atoms with Crippen molar-refractivity contribution in [2.24, 2.45) is 4.99 Å². The highest BCUT2D eigenvalue weighted by atomic mass is 35.5. The third-order valence-electron chi connectivity index (χ3n) is 7.00. The smallest absolute Gasteiger partial charge is 0.338 e. The zero-order valence-electron chi connectivity index (χ0n) is 21.4. The predicted molar refractivity (Wildman–Crippen MR) is 155 cm³/mol. The minimum absolute atomic E-state index is 0.257. The maximum atomic E-state index is 14.2. The van der Waals surface area contributed by atoms with E-state index in [1.165, 1.54) is 30.1 Å². The number of esters is 1. The average Bonchev–Trinajstić information content (AvgIpc) is 3.25. The molecule has 0 fully saturated rings. The molecule has 0 unspecified atom stereocenters. The number of ether oxygens (including phenoxy) is 2. The molecule has 0 N–H and O–H groups in total. The molecule has 6 nitrogen and oxygen atoms in total. The Labute approximate surface area is 232 Å². The molecule has 0 saturated carbocycles. The van der Waals surface area contributed by atoms with Crippen LogP contribution in [0.1, 0.15) is 24.1 Å². The lowest BCUT2D eigenvalue weighted by Crippen LogP contribution is -2.40. The highest BCUT2D eigenvalue weighted by molar-refractivity contribution is 7.07. The van der Waals surface area contributed by atoms with E-state index in [4.69, 9.17) is 21.1 Å². The summed E-state index contributed by atoms with van der Waals surface area (Å²) in [4.78, 5) is 32.3. The number of aromatic nitrogens is 1. The van der Waals surface area contributed by atoms with Crippen LogP contribution in [-0.2, 0) is 9.53 Å². The van der Waals surface area contributed by atoms with E-state index in [-0.39, 0.29) is 11.1 Å². The van der Waals surface area contributed by atoms with Crippen molar-refractivity contribution in [2.75, 3.05) is 14.2 Å². The first kappa shape index (κ1) is 25.1. The maximum Gasteiger partial charge on any atom is 0.338 e. The minimum atomic E-state index is -0.825. The average molecular weight is 555 g/mol. The maximum absolute atomic E-state index is 14.2. The molecule has 1 atom stereocenters. The van der Waals surface area contributed by atoms with E-state index in [0.717, 1.165) is 27.1 Å². The summed E-state index contributed by atoms with van der Waals surface area (Å²) in [6, 6.07) is 22.7. The summed E-state index contributed by atoms with van der Waals surface area (Å²) in [6.45, 7) is 1.74. The Kier molecular flexibility index (Phi) is 6.33. The van der Waals surface area contributed by atoms with E-state index >= 15 is 0 Å². The number of carbonyl (C=O) groups is 1. The highest BCUT2D eigenvalue weighted by Gasteiger charge is 2.35. The van der Waals surface area contributed by atoms with Crippen molar-refractivity contribution in [1.82, 2.24) is 4.57 Å². The number of carbonyl (C=O) groups excluding carboxylic acids is 1. The van der Waals surface area contributed by atoms with Crippen LogP contribution in [-0.4, -0.2) is 24.8 Å². The molecule has 0 saturated heterocycles. The van der Waals surface area contributed by atoms with Gasteiger partial charge in [-0.15, -0.1) is 0 Å². The van der Waals surface area contributed by atoms with Crippen molar-refractivity contribution in [1.29, 1.82) is 0 Å². The van der Waals surface area contributed by atoms with Crippen molar-refractivity contribution >= 4 is 56.5 Å². The standard InChI is InChI=1S/C31H23ClN2O4S/c1-17-27(30(36)38-3)28(24-15-20(32)12-13-25(24)37-2)34-29(35)26(39-31(34)33-17)16-23-21-10-6-4-8-18(21)14-19-9-5-7-11-22(19)23/h4-16,28H,1-3H3/b26-16-/t28-/m1/s1. The van der Waals surface area contributed by atoms with Crippen LogP contribution in [0.2, 0.25) is 5.02 Å². The first-order chi connectivity index (χ1) is 18.9. The number of allylic oxidation sites excluding steroid dienone is 1. The molecule has 194 valence electrons. The topological polar surface area (TPSA) is 69.9 Å². The van der Waals surface area contributed by atoms with E-state index in [1.54, 1.807) is 25.1 Å². The summed E-state index contributed by atoms with van der Waals surface area (Å²) in [5.74, 6) is -0.0762. The fraction of sp³-hybridized carbons (Fsp3) is 0.129. The van der Waals surface area contributed by atoms with E-state index in [0.29, 0.717) is 31.4 Å². The molecular weight excluding hydrogens is 532 g/mol. The van der Waals surface area contributed by atoms with E-state index in [1.807, 2.05) is 30.3 Å². The van der Waals surface area contributed by atoms with E-state index < -0.39 is 12.0 Å². The number of nitrogens with zero attached hydrogens (tertiary/aromatic N) is 2. The van der Waals surface area contributed by atoms with Crippen molar-refractivity contribution in [3.8, 4) is 5.75 Å². The van der Waals surface area contributed by atoms with Gasteiger partial charge in [-0.3, -0.25) is 9.36 Å². The highest BCUT2D eigenvalue weighted by Crippen LogP contribution is 2.37. The number of methoxy groups -OCH3 is 2. The van der Waals surface area contributed by atoms with Crippen LogP contribution in [0, 0.1) is 0 Å². The van der Waals surface area contributed by atoms with Gasteiger partial charge in [0.05, 0.1) is 30.0 Å². The van der Waals surface area contributed by atoms with Gasteiger partial charge in [-0.25, -0.2) is 9.79 Å². The molecule has 6 rings (SSSR count). The lowest BCUT2D eigenvalue weighted by molar-refractivity contribution is -0.136. The Morgan fingerprint density at radius 1 is 1.00 bits per heavy atom. The van der Waals surface area contributed by atoms with Gasteiger partial charge in [0.1, 0.15) is 11.8 Å². The molecule has 39 heavy (non-hydrogen) atoms. The van der Waals surface area contributed by atoms with Gasteiger partial charge in [-0.2, -0.15) is 0 Å². The Balaban J connectivity index is 1.68. The summed E-state index contributed by atoms with van der Waals surface area (Å²) >= 11 is 7.66. The first-order valence-corrected chi connectivity index (χ1v) is 13.5. The molecule has 0 bridgehead atoms. The Hall–Kier alpha value is -4.20. The van der Waals surface area contributed by atoms with Gasteiger partial charge >= 0.3 is 5.97 Å². The second kappa shape index (κ2) is 9.84. The number of rotatable bonds is 4. The fourth-order valence-corrected chi connectivity index (χ4v) is 6.45. The number of fused-ring (bicyclic) bond motifs is 3. The van der Waals surface area contributed by atoms with Crippen molar-refractivity contribution < 1.29 is 14.3 Å². The van der Waals surface area contributed by atoms with Crippen LogP contribution in [0.5, 0.6) is 5.75 Å². The predicted octanol–water partition coefficient (Wildman–Crippen LogP) is 5.38. The summed E-state index contributed by atoms with van der Waals surface area (Å²) in [6.07, 6.45) is 1.93. The van der Waals surface area contributed by atoms with Gasteiger partial charge in [0.25, 0.3) is 5.56 Å². The Morgan fingerprint density at radius 3 is 2.31 bits per heavy atom. The third-order valence-corrected chi connectivity index (χ3v) is 8.22. The van der Waals surface area contributed by atoms with Crippen molar-refractivity contribution in [3.63, 3.8) is 0 Å². The molecule has 0 aliphatic carbocycles. The monoisotopic (exact) mass is 554 g/mol. The summed E-state index contributed by atoms with van der Waals surface area (Å²) in [5.41, 5.74) is 1.99. The van der Waals surface area contributed by atoms with Crippen LogP contribution in [0.15, 0.2) is 93.9 Å². The second-order valence-corrected chi connectivity index (χ2v) is 10.6. The molecule has 0 amide bonds. The number of benzene rings is 4. The molecule has 0 spiro atoms. The largest absolute Gasteiger partial charge is 0.496 e. The van der Waals surface area contributed by atoms with Crippen LogP contribution in [0.4, 0.5) is 0 Å². The minimum Gasteiger partial charge on any atom is -0.496 e. The molecular formula is C31H23ClN2O4S. The van der Waals surface area contributed by atoms with Gasteiger partial charge in [0, 0.05) is 10.6 Å². The molecule has 1 aliphatic rings. The second-order valence-electron chi connectivity index (χ2n) is 9.19. The first-order valence-electron chi connectivity index (χ1n) is 12.3. The molecule has 1 aliphatic heterocycles. The SMILES string of the molecule is COC(=O)C1=C(C)N=c2s/c(=C\c3c4ccccc4cc4ccccc34)c(=O)n2[C@@H]1c1cc(Cl)ccc1OC. The van der Waals surface area contributed by atoms with E-state index in [2.05, 4.69) is 35.3 Å². The fourth-order valence-electron chi connectivity index (χ4n) is 5.24. The van der Waals surface area contributed by atoms with Gasteiger partial charge < -0.3 is 9.47 Å². The Bertz CT molecular complexity index is 1970. The van der Waals surface area contributed by atoms with Gasteiger partial charge in [0.15, 0.2) is 4.80 Å². The summed E-state index contributed by atoms with van der Waals surface area (Å²) < 4.78 is 12.8. The van der Waals surface area contributed by atoms with Gasteiger partial charge in [-0.05, 0) is 64.4 Å². The van der Waals surface area contributed by atoms with Crippen LogP contribution in [0.25, 0.3) is 27.6 Å². The molecule has 1 aromatic heterocycles. The lowest BCUT2D eigenvalue weighted by Gasteiger charge is -2.25. The van der Waals surface area contributed by atoms with Crippen molar-refractivity contribution in [2.45, 2.75) is 13.0 Å². The number of hydrogen-bond acceptors (Lipinski definition) is 6.